The average molecular weight is 268 g/mol. The fraction of sp³-hybridized carbons (Fsp3) is 0.167. The molecule has 3 nitrogen and oxygen atoms in total. The number of aryl methyl sites for hydroxylation is 1. The van der Waals surface area contributed by atoms with Crippen LogP contribution in [0.2, 0.25) is 10.2 Å². The van der Waals surface area contributed by atoms with E-state index < -0.39 is 0 Å². The monoisotopic (exact) mass is 267 g/mol. The summed E-state index contributed by atoms with van der Waals surface area (Å²) in [4.78, 5) is 8.22. The van der Waals surface area contributed by atoms with Gasteiger partial charge < -0.3 is 5.32 Å². The van der Waals surface area contributed by atoms with Crippen LogP contribution < -0.4 is 5.32 Å². The number of rotatable bonds is 3. The van der Waals surface area contributed by atoms with E-state index in [4.69, 9.17) is 23.2 Å². The zero-order valence-electron chi connectivity index (χ0n) is 9.24. The van der Waals surface area contributed by atoms with Gasteiger partial charge in [-0.15, -0.1) is 0 Å². The molecule has 0 aliphatic rings. The summed E-state index contributed by atoms with van der Waals surface area (Å²) in [6, 6.07) is 9.35. The molecule has 0 amide bonds. The van der Waals surface area contributed by atoms with Crippen molar-refractivity contribution in [2.45, 2.75) is 13.5 Å². The van der Waals surface area contributed by atoms with Crippen molar-refractivity contribution in [2.75, 3.05) is 5.32 Å². The lowest BCUT2D eigenvalue weighted by molar-refractivity contribution is 1.02. The van der Waals surface area contributed by atoms with Gasteiger partial charge in [-0.25, -0.2) is 9.97 Å². The number of halogens is 2. The number of nitrogens with zero attached hydrogens (tertiary/aromatic N) is 2. The van der Waals surface area contributed by atoms with Crippen molar-refractivity contribution in [1.29, 1.82) is 0 Å². The van der Waals surface area contributed by atoms with Gasteiger partial charge in [-0.1, -0.05) is 41.4 Å². The minimum atomic E-state index is 0.430. The summed E-state index contributed by atoms with van der Waals surface area (Å²) in [7, 11) is 0. The molecule has 1 aromatic carbocycles. The molecular formula is C12H11Cl2N3. The van der Waals surface area contributed by atoms with Crippen LogP contribution in [0.25, 0.3) is 0 Å². The van der Waals surface area contributed by atoms with Crippen molar-refractivity contribution in [3.8, 4) is 0 Å². The molecule has 0 unspecified atom stereocenters. The fourth-order valence-electron chi connectivity index (χ4n) is 1.45. The molecule has 2 aromatic rings. The van der Waals surface area contributed by atoms with Crippen LogP contribution in [-0.4, -0.2) is 9.97 Å². The Labute approximate surface area is 110 Å². The van der Waals surface area contributed by atoms with Crippen molar-refractivity contribution in [3.05, 3.63) is 51.9 Å². The molecule has 5 heteroatoms. The predicted octanol–water partition coefficient (Wildman–Crippen LogP) is 3.70. The molecule has 0 spiro atoms. The molecule has 1 aromatic heterocycles. The zero-order chi connectivity index (χ0) is 12.3. The van der Waals surface area contributed by atoms with Gasteiger partial charge in [0.15, 0.2) is 0 Å². The normalized spacial score (nSPS) is 10.3. The number of aromatic nitrogens is 2. The number of benzene rings is 1. The van der Waals surface area contributed by atoms with Gasteiger partial charge in [0.2, 0.25) is 0 Å². The second kappa shape index (κ2) is 5.34. The smallest absolute Gasteiger partial charge is 0.134 e. The van der Waals surface area contributed by atoms with Crippen LogP contribution in [0.1, 0.15) is 11.4 Å². The van der Waals surface area contributed by atoms with Crippen LogP contribution in [0.15, 0.2) is 30.3 Å². The lowest BCUT2D eigenvalue weighted by Crippen LogP contribution is -2.03. The van der Waals surface area contributed by atoms with Crippen molar-refractivity contribution < 1.29 is 0 Å². The molecule has 0 aliphatic carbocycles. The summed E-state index contributed by atoms with van der Waals surface area (Å²) >= 11 is 11.9. The minimum Gasteiger partial charge on any atom is -0.366 e. The second-order valence-corrected chi connectivity index (χ2v) is 4.36. The summed E-state index contributed by atoms with van der Waals surface area (Å²) in [5, 5.41) is 4.33. The van der Waals surface area contributed by atoms with Crippen LogP contribution in [0, 0.1) is 6.92 Å². The van der Waals surface area contributed by atoms with Gasteiger partial charge in [-0.3, -0.25) is 0 Å². The van der Waals surface area contributed by atoms with Crippen molar-refractivity contribution >= 4 is 29.0 Å². The van der Waals surface area contributed by atoms with E-state index in [1.807, 2.05) is 24.3 Å². The van der Waals surface area contributed by atoms with Crippen molar-refractivity contribution in [3.63, 3.8) is 0 Å². The van der Waals surface area contributed by atoms with Gasteiger partial charge in [0.05, 0.1) is 0 Å². The Kier molecular flexibility index (Phi) is 3.82. The van der Waals surface area contributed by atoms with Crippen LogP contribution >= 0.6 is 23.2 Å². The van der Waals surface area contributed by atoms with Gasteiger partial charge >= 0.3 is 0 Å². The van der Waals surface area contributed by atoms with Crippen molar-refractivity contribution in [2.24, 2.45) is 0 Å². The molecule has 88 valence electrons. The largest absolute Gasteiger partial charge is 0.366 e. The first kappa shape index (κ1) is 12.1. The Hall–Kier alpha value is -1.32. The molecule has 1 N–H and O–H groups in total. The number of hydrogen-bond acceptors (Lipinski definition) is 3. The molecule has 0 aliphatic heterocycles. The van der Waals surface area contributed by atoms with Crippen LogP contribution in [0.3, 0.4) is 0 Å². The molecule has 17 heavy (non-hydrogen) atoms. The maximum Gasteiger partial charge on any atom is 0.134 e. The maximum atomic E-state index is 6.05. The Balaban J connectivity index is 2.10. The van der Waals surface area contributed by atoms with E-state index in [1.54, 1.807) is 13.0 Å². The third-order valence-corrected chi connectivity index (χ3v) is 2.79. The first-order valence-electron chi connectivity index (χ1n) is 5.13. The Morgan fingerprint density at radius 2 is 1.94 bits per heavy atom. The quantitative estimate of drug-likeness (QED) is 0.862. The summed E-state index contributed by atoms with van der Waals surface area (Å²) in [6.45, 7) is 2.40. The molecule has 2 rings (SSSR count). The van der Waals surface area contributed by atoms with Crippen LogP contribution in [0.4, 0.5) is 5.82 Å². The SMILES string of the molecule is Cc1nc(Cl)cc(NCc2ccccc2Cl)n1. The summed E-state index contributed by atoms with van der Waals surface area (Å²) in [5.41, 5.74) is 1.02. The van der Waals surface area contributed by atoms with Gasteiger partial charge in [0.1, 0.15) is 16.8 Å². The van der Waals surface area contributed by atoms with Crippen molar-refractivity contribution in [1.82, 2.24) is 9.97 Å². The number of nitrogens with one attached hydrogen (secondary N) is 1. The van der Waals surface area contributed by atoms with Gasteiger partial charge in [0, 0.05) is 17.6 Å². The lowest BCUT2D eigenvalue weighted by atomic mass is 10.2. The number of anilines is 1. The third-order valence-electron chi connectivity index (χ3n) is 2.22. The van der Waals surface area contributed by atoms with Gasteiger partial charge in [-0.2, -0.15) is 0 Å². The van der Waals surface area contributed by atoms with Crippen LogP contribution in [0.5, 0.6) is 0 Å². The number of hydrogen-bond donors (Lipinski definition) is 1. The lowest BCUT2D eigenvalue weighted by Gasteiger charge is -2.07. The highest BCUT2D eigenvalue weighted by atomic mass is 35.5. The highest BCUT2D eigenvalue weighted by Crippen LogP contribution is 2.17. The van der Waals surface area contributed by atoms with E-state index in [0.717, 1.165) is 10.6 Å². The van der Waals surface area contributed by atoms with E-state index in [1.165, 1.54) is 0 Å². The Morgan fingerprint density at radius 3 is 2.65 bits per heavy atom. The molecule has 0 fully saturated rings. The maximum absolute atomic E-state index is 6.05. The van der Waals surface area contributed by atoms with E-state index >= 15 is 0 Å². The zero-order valence-corrected chi connectivity index (χ0v) is 10.8. The molecule has 0 saturated carbocycles. The average Bonchev–Trinajstić information content (AvgIpc) is 2.27. The highest BCUT2D eigenvalue weighted by molar-refractivity contribution is 6.31. The van der Waals surface area contributed by atoms with E-state index in [9.17, 15) is 0 Å². The predicted molar refractivity (Wildman–Crippen MR) is 70.6 cm³/mol. The third kappa shape index (κ3) is 3.32. The molecule has 0 saturated heterocycles. The first-order chi connectivity index (χ1) is 8.15. The molecular weight excluding hydrogens is 257 g/mol. The summed E-state index contributed by atoms with van der Waals surface area (Å²) < 4.78 is 0. The Morgan fingerprint density at radius 1 is 1.18 bits per heavy atom. The highest BCUT2D eigenvalue weighted by Gasteiger charge is 2.02. The molecule has 0 atom stereocenters. The second-order valence-electron chi connectivity index (χ2n) is 3.57. The minimum absolute atomic E-state index is 0.430. The van der Waals surface area contributed by atoms with E-state index in [2.05, 4.69) is 15.3 Å². The topological polar surface area (TPSA) is 37.8 Å². The van der Waals surface area contributed by atoms with Gasteiger partial charge in [-0.05, 0) is 18.6 Å². The van der Waals surface area contributed by atoms with Crippen LogP contribution in [-0.2, 0) is 6.54 Å². The van der Waals surface area contributed by atoms with E-state index in [-0.39, 0.29) is 0 Å². The molecule has 0 bridgehead atoms. The summed E-state index contributed by atoms with van der Waals surface area (Å²) in [6.07, 6.45) is 0. The fourth-order valence-corrected chi connectivity index (χ4v) is 1.88. The van der Waals surface area contributed by atoms with Gasteiger partial charge in [0.25, 0.3) is 0 Å². The van der Waals surface area contributed by atoms with E-state index in [0.29, 0.717) is 23.3 Å². The standard InChI is InChI=1S/C12H11Cl2N3/c1-8-16-11(14)6-12(17-8)15-7-9-4-2-3-5-10(9)13/h2-6H,7H2,1H3,(H,15,16,17). The molecule has 1 heterocycles. The Bertz CT molecular complexity index is 509. The molecule has 0 radical (unpaired) electrons. The summed E-state index contributed by atoms with van der Waals surface area (Å²) in [5.74, 6) is 1.33. The first-order valence-corrected chi connectivity index (χ1v) is 5.89.